The number of imide groups is 1. The zero-order chi connectivity index (χ0) is 16.2. The molecule has 0 bridgehead atoms. The van der Waals surface area contributed by atoms with Crippen molar-refractivity contribution < 1.29 is 19.1 Å². The maximum Gasteiger partial charge on any atom is 0.321 e. The maximum atomic E-state index is 11.4. The normalized spacial score (nSPS) is 9.68. The predicted molar refractivity (Wildman–Crippen MR) is 87.6 cm³/mol. The Balaban J connectivity index is 2.10. The highest BCUT2D eigenvalue weighted by Gasteiger charge is 2.06. The van der Waals surface area contributed by atoms with Crippen molar-refractivity contribution in [3.05, 3.63) is 36.9 Å². The zero-order valence-electron chi connectivity index (χ0n) is 12.5. The van der Waals surface area contributed by atoms with E-state index in [-0.39, 0.29) is 11.7 Å². The van der Waals surface area contributed by atoms with E-state index in [0.717, 1.165) is 11.5 Å². The Labute approximate surface area is 134 Å². The van der Waals surface area contributed by atoms with Crippen molar-refractivity contribution in [1.29, 1.82) is 0 Å². The largest absolute Gasteiger partial charge is 0.497 e. The van der Waals surface area contributed by atoms with Gasteiger partial charge in [-0.25, -0.2) is 4.79 Å². The molecule has 3 amide bonds. The number of ether oxygens (including phenoxy) is 2. The molecule has 0 fully saturated rings. The van der Waals surface area contributed by atoms with E-state index in [1.54, 1.807) is 7.11 Å². The van der Waals surface area contributed by atoms with E-state index in [9.17, 15) is 9.59 Å². The zero-order valence-corrected chi connectivity index (χ0v) is 13.3. The molecule has 0 heterocycles. The summed E-state index contributed by atoms with van der Waals surface area (Å²) in [5.74, 6) is 2.03. The van der Waals surface area contributed by atoms with Crippen LogP contribution in [0, 0.1) is 0 Å². The molecular weight excluding hydrogens is 304 g/mol. The molecule has 1 aromatic carbocycles. The van der Waals surface area contributed by atoms with Gasteiger partial charge < -0.3 is 14.8 Å². The molecule has 0 aromatic heterocycles. The smallest absolute Gasteiger partial charge is 0.321 e. The van der Waals surface area contributed by atoms with E-state index >= 15 is 0 Å². The standard InChI is InChI=1S/C15H20N2O4S/c1-3-8-16-15(19)17-14(18)11-22-10-9-21-13-6-4-12(20-2)5-7-13/h3-7H,1,8-11H2,2H3,(H2,16,17,18,19). The number of thioether (sulfide) groups is 1. The average Bonchev–Trinajstić information content (AvgIpc) is 2.53. The number of methoxy groups -OCH3 is 1. The van der Waals surface area contributed by atoms with Gasteiger partial charge in [-0.2, -0.15) is 0 Å². The van der Waals surface area contributed by atoms with Crippen LogP contribution in [0.25, 0.3) is 0 Å². The van der Waals surface area contributed by atoms with Crippen LogP contribution in [-0.4, -0.2) is 43.7 Å². The quantitative estimate of drug-likeness (QED) is 0.535. The van der Waals surface area contributed by atoms with Crippen LogP contribution < -0.4 is 20.1 Å². The molecule has 0 aliphatic heterocycles. The molecule has 1 aromatic rings. The lowest BCUT2D eigenvalue weighted by molar-refractivity contribution is -0.117. The number of hydrogen-bond acceptors (Lipinski definition) is 5. The Hall–Kier alpha value is -2.15. The van der Waals surface area contributed by atoms with Gasteiger partial charge in [-0.1, -0.05) is 6.08 Å². The maximum absolute atomic E-state index is 11.4. The molecule has 0 radical (unpaired) electrons. The van der Waals surface area contributed by atoms with E-state index in [1.165, 1.54) is 17.8 Å². The van der Waals surface area contributed by atoms with E-state index in [1.807, 2.05) is 24.3 Å². The molecule has 0 aliphatic rings. The molecule has 7 heteroatoms. The van der Waals surface area contributed by atoms with E-state index in [0.29, 0.717) is 18.9 Å². The number of carbonyl (C=O) groups is 2. The van der Waals surface area contributed by atoms with Crippen molar-refractivity contribution in [2.45, 2.75) is 0 Å². The monoisotopic (exact) mass is 324 g/mol. The average molecular weight is 324 g/mol. The van der Waals surface area contributed by atoms with Gasteiger partial charge in [0.1, 0.15) is 11.5 Å². The molecule has 0 aliphatic carbocycles. The summed E-state index contributed by atoms with van der Waals surface area (Å²) in [5, 5.41) is 4.69. The topological polar surface area (TPSA) is 76.7 Å². The Kier molecular flexibility index (Phi) is 8.59. The lowest BCUT2D eigenvalue weighted by Crippen LogP contribution is -2.40. The Bertz CT molecular complexity index is 491. The van der Waals surface area contributed by atoms with Gasteiger partial charge in [0.25, 0.3) is 0 Å². The summed E-state index contributed by atoms with van der Waals surface area (Å²) in [4.78, 5) is 22.7. The lowest BCUT2D eigenvalue weighted by atomic mass is 10.3. The van der Waals surface area contributed by atoms with Gasteiger partial charge in [0, 0.05) is 12.3 Å². The van der Waals surface area contributed by atoms with E-state index in [2.05, 4.69) is 17.2 Å². The van der Waals surface area contributed by atoms with Crippen LogP contribution >= 0.6 is 11.8 Å². The van der Waals surface area contributed by atoms with Gasteiger partial charge in [0.2, 0.25) is 5.91 Å². The molecule has 0 saturated heterocycles. The fourth-order valence-corrected chi connectivity index (χ4v) is 2.03. The van der Waals surface area contributed by atoms with Crippen LogP contribution in [0.5, 0.6) is 11.5 Å². The van der Waals surface area contributed by atoms with Crippen molar-refractivity contribution in [2.24, 2.45) is 0 Å². The van der Waals surface area contributed by atoms with Gasteiger partial charge in [-0.15, -0.1) is 18.3 Å². The van der Waals surface area contributed by atoms with Crippen molar-refractivity contribution in [2.75, 3.05) is 31.8 Å². The van der Waals surface area contributed by atoms with Crippen molar-refractivity contribution in [3.63, 3.8) is 0 Å². The van der Waals surface area contributed by atoms with Gasteiger partial charge in [0.15, 0.2) is 0 Å². The van der Waals surface area contributed by atoms with Gasteiger partial charge >= 0.3 is 6.03 Å². The first-order valence-corrected chi connectivity index (χ1v) is 7.84. The van der Waals surface area contributed by atoms with Crippen LogP contribution in [0.3, 0.4) is 0 Å². The first kappa shape index (κ1) is 17.9. The van der Waals surface area contributed by atoms with Crippen LogP contribution in [0.4, 0.5) is 4.79 Å². The van der Waals surface area contributed by atoms with Crippen LogP contribution in [-0.2, 0) is 4.79 Å². The fraction of sp³-hybridized carbons (Fsp3) is 0.333. The number of hydrogen-bond donors (Lipinski definition) is 2. The molecule has 0 atom stereocenters. The molecule has 0 unspecified atom stereocenters. The Morgan fingerprint density at radius 2 is 1.95 bits per heavy atom. The minimum Gasteiger partial charge on any atom is -0.497 e. The summed E-state index contributed by atoms with van der Waals surface area (Å²) in [6.07, 6.45) is 1.54. The van der Waals surface area contributed by atoms with E-state index in [4.69, 9.17) is 9.47 Å². The van der Waals surface area contributed by atoms with Crippen LogP contribution in [0.15, 0.2) is 36.9 Å². The minimum absolute atomic E-state index is 0.202. The number of nitrogens with one attached hydrogen (secondary N) is 2. The second kappa shape index (κ2) is 10.6. The summed E-state index contributed by atoms with van der Waals surface area (Å²) >= 11 is 1.39. The first-order chi connectivity index (χ1) is 10.7. The third-order valence-electron chi connectivity index (χ3n) is 2.45. The molecule has 1 rings (SSSR count). The summed E-state index contributed by atoms with van der Waals surface area (Å²) in [6, 6.07) is 6.76. The van der Waals surface area contributed by atoms with Crippen molar-refractivity contribution >= 4 is 23.7 Å². The minimum atomic E-state index is -0.514. The summed E-state index contributed by atoms with van der Waals surface area (Å²) in [7, 11) is 1.61. The lowest BCUT2D eigenvalue weighted by Gasteiger charge is -2.07. The third kappa shape index (κ3) is 7.58. The number of urea groups is 1. The SMILES string of the molecule is C=CCNC(=O)NC(=O)CSCCOc1ccc(OC)cc1. The Morgan fingerprint density at radius 3 is 2.59 bits per heavy atom. The van der Waals surface area contributed by atoms with Crippen LogP contribution in [0.2, 0.25) is 0 Å². The van der Waals surface area contributed by atoms with Gasteiger partial charge in [-0.05, 0) is 24.3 Å². The fourth-order valence-electron chi connectivity index (χ4n) is 1.43. The van der Waals surface area contributed by atoms with Crippen LogP contribution in [0.1, 0.15) is 0 Å². The predicted octanol–water partition coefficient (Wildman–Crippen LogP) is 1.82. The molecule has 0 saturated carbocycles. The number of carbonyl (C=O) groups excluding carboxylic acids is 2. The van der Waals surface area contributed by atoms with Crippen molar-refractivity contribution in [3.8, 4) is 11.5 Å². The molecular formula is C15H20N2O4S. The second-order valence-electron chi connectivity index (χ2n) is 4.12. The highest BCUT2D eigenvalue weighted by Crippen LogP contribution is 2.17. The highest BCUT2D eigenvalue weighted by molar-refractivity contribution is 7.99. The molecule has 22 heavy (non-hydrogen) atoms. The van der Waals surface area contributed by atoms with Gasteiger partial charge in [0.05, 0.1) is 19.5 Å². The number of benzene rings is 1. The molecule has 6 nitrogen and oxygen atoms in total. The van der Waals surface area contributed by atoms with E-state index < -0.39 is 6.03 Å². The summed E-state index contributed by atoms with van der Waals surface area (Å²) in [5.41, 5.74) is 0. The Morgan fingerprint density at radius 1 is 1.27 bits per heavy atom. The molecule has 0 spiro atoms. The number of rotatable bonds is 9. The summed E-state index contributed by atoms with van der Waals surface area (Å²) < 4.78 is 10.6. The third-order valence-corrected chi connectivity index (χ3v) is 3.37. The van der Waals surface area contributed by atoms with Crippen molar-refractivity contribution in [1.82, 2.24) is 10.6 Å². The molecule has 2 N–H and O–H groups in total. The second-order valence-corrected chi connectivity index (χ2v) is 5.23. The summed E-state index contributed by atoms with van der Waals surface area (Å²) in [6.45, 7) is 4.26. The molecule has 120 valence electrons. The highest BCUT2D eigenvalue weighted by atomic mass is 32.2. The number of amides is 3. The first-order valence-electron chi connectivity index (χ1n) is 6.69. The van der Waals surface area contributed by atoms with Gasteiger partial charge in [-0.3, -0.25) is 10.1 Å².